The Kier molecular flexibility index (Phi) is 12.4. The first-order valence-corrected chi connectivity index (χ1v) is 2.68. The molecule has 7 heteroatoms. The third-order valence-electron chi connectivity index (χ3n) is 0.348. The third-order valence-corrected chi connectivity index (χ3v) is 0.348. The molecule has 0 atom stereocenters. The minimum atomic E-state index is -1.50. The molecule has 0 aliphatic rings. The van der Waals surface area contributed by atoms with E-state index in [0.29, 0.717) is 0 Å². The van der Waals surface area contributed by atoms with E-state index in [-0.39, 0.29) is 29.6 Å². The Morgan fingerprint density at radius 2 is 1.75 bits per heavy atom. The van der Waals surface area contributed by atoms with Crippen molar-refractivity contribution in [3.63, 3.8) is 0 Å². The predicted molar refractivity (Wildman–Crippen MR) is 50.7 cm³/mol. The van der Waals surface area contributed by atoms with E-state index in [0.717, 1.165) is 0 Å². The molecule has 0 aliphatic carbocycles. The molecule has 0 amide bonds. The van der Waals surface area contributed by atoms with Gasteiger partial charge in [-0.1, -0.05) is 0 Å². The zero-order valence-electron chi connectivity index (χ0n) is 6.94. The fraction of sp³-hybridized carbons (Fsp3) is 0.800. The van der Waals surface area contributed by atoms with Crippen molar-refractivity contribution < 1.29 is 19.8 Å². The molecule has 0 saturated carbocycles. The van der Waals surface area contributed by atoms with Crippen molar-refractivity contribution in [3.8, 4) is 0 Å². The van der Waals surface area contributed by atoms with Gasteiger partial charge in [0.2, 0.25) is 0 Å². The highest BCUT2D eigenvalue weighted by atomic mass is 127. The predicted octanol–water partition coefficient (Wildman–Crippen LogP) is 1.14. The summed E-state index contributed by atoms with van der Waals surface area (Å²) in [5.41, 5.74) is -0.373. The number of hydrogen-bond acceptors (Lipinski definition) is 4. The van der Waals surface area contributed by atoms with Crippen LogP contribution < -0.4 is 0 Å². The molecule has 0 saturated heterocycles. The van der Waals surface area contributed by atoms with Crippen LogP contribution in [0.2, 0.25) is 0 Å². The fourth-order valence-corrected chi connectivity index (χ4v) is 0.125. The minimum Gasteiger partial charge on any atom is -0.452 e. The standard InChI is InChI=1S/C5H9O2.HI.HNO3/c1-5(2,3)7-4-6;;2-1(3)4/h1-3H3;1H;(H,2,3,4). The van der Waals surface area contributed by atoms with Crippen LogP contribution >= 0.6 is 24.0 Å². The minimum absolute atomic E-state index is 0. The average molecular weight is 292 g/mol. The molecular formula is C5H11INO5. The summed E-state index contributed by atoms with van der Waals surface area (Å²) in [6, 6.07) is 0. The highest BCUT2D eigenvalue weighted by molar-refractivity contribution is 14.0. The third kappa shape index (κ3) is 57.4. The Hall–Kier alpha value is -0.600. The molecule has 0 rings (SSSR count). The van der Waals surface area contributed by atoms with E-state index < -0.39 is 5.09 Å². The van der Waals surface area contributed by atoms with E-state index >= 15 is 0 Å². The molecule has 0 spiro atoms. The first kappa shape index (κ1) is 17.5. The van der Waals surface area contributed by atoms with Gasteiger partial charge in [0, 0.05) is 0 Å². The maximum atomic E-state index is 9.47. The van der Waals surface area contributed by atoms with E-state index in [9.17, 15) is 4.79 Å². The highest BCUT2D eigenvalue weighted by Gasteiger charge is 2.08. The number of nitrogens with zero attached hydrogens (tertiary/aromatic N) is 1. The van der Waals surface area contributed by atoms with Gasteiger partial charge < -0.3 is 9.94 Å². The lowest BCUT2D eigenvalue weighted by Gasteiger charge is -2.13. The number of ether oxygens (including phenoxy) is 1. The van der Waals surface area contributed by atoms with Gasteiger partial charge in [-0.15, -0.1) is 34.1 Å². The molecule has 1 N–H and O–H groups in total. The Labute approximate surface area is 87.0 Å². The maximum absolute atomic E-state index is 9.47. The lowest BCUT2D eigenvalue weighted by molar-refractivity contribution is -0.742. The SMILES string of the molecule is CC(C)(C)O[C]=O.I.O=[N+]([O-])O. The van der Waals surface area contributed by atoms with Crippen LogP contribution in [0, 0.1) is 10.1 Å². The van der Waals surface area contributed by atoms with Crippen molar-refractivity contribution in [2.24, 2.45) is 0 Å². The van der Waals surface area contributed by atoms with Crippen LogP contribution in [0.15, 0.2) is 0 Å². The lowest BCUT2D eigenvalue weighted by atomic mass is 10.2. The molecule has 0 aliphatic heterocycles. The zero-order chi connectivity index (χ0) is 9.49. The van der Waals surface area contributed by atoms with E-state index in [1.807, 2.05) is 0 Å². The molecule has 0 fully saturated rings. The molecule has 73 valence electrons. The van der Waals surface area contributed by atoms with Crippen molar-refractivity contribution in [2.45, 2.75) is 26.4 Å². The smallest absolute Gasteiger partial charge is 0.418 e. The van der Waals surface area contributed by atoms with Gasteiger partial charge >= 0.3 is 6.47 Å². The summed E-state index contributed by atoms with van der Waals surface area (Å²) >= 11 is 0. The second kappa shape index (κ2) is 8.50. The summed E-state index contributed by atoms with van der Waals surface area (Å²) in [5, 5.41) is 13.6. The van der Waals surface area contributed by atoms with E-state index in [1.165, 1.54) is 6.47 Å². The van der Waals surface area contributed by atoms with Gasteiger partial charge in [-0.2, -0.15) is 0 Å². The summed E-state index contributed by atoms with van der Waals surface area (Å²) in [6.45, 7) is 6.73. The molecule has 6 nitrogen and oxygen atoms in total. The van der Waals surface area contributed by atoms with Crippen LogP contribution in [0.1, 0.15) is 20.8 Å². The zero-order valence-corrected chi connectivity index (χ0v) is 9.27. The summed E-state index contributed by atoms with van der Waals surface area (Å²) in [5.74, 6) is 0. The van der Waals surface area contributed by atoms with Crippen molar-refractivity contribution >= 4 is 30.4 Å². The van der Waals surface area contributed by atoms with Crippen LogP contribution in [0.3, 0.4) is 0 Å². The van der Waals surface area contributed by atoms with E-state index in [1.54, 1.807) is 20.8 Å². The van der Waals surface area contributed by atoms with Crippen molar-refractivity contribution in [2.75, 3.05) is 0 Å². The van der Waals surface area contributed by atoms with Gasteiger partial charge in [0.15, 0.2) is 0 Å². The topological polar surface area (TPSA) is 89.7 Å². The first-order valence-electron chi connectivity index (χ1n) is 2.68. The number of halogens is 1. The number of hydrogen-bond donors (Lipinski definition) is 1. The molecule has 0 aromatic heterocycles. The molecule has 1 radical (unpaired) electrons. The molecule has 0 aromatic carbocycles. The normalized spacial score (nSPS) is 8.25. The van der Waals surface area contributed by atoms with E-state index in [4.69, 9.17) is 15.3 Å². The number of carbonyl (C=O) groups excluding carboxylic acids is 1. The maximum Gasteiger partial charge on any atom is 0.418 e. The molecule has 12 heavy (non-hydrogen) atoms. The summed E-state index contributed by atoms with van der Waals surface area (Å²) in [4.78, 5) is 17.8. The van der Waals surface area contributed by atoms with Gasteiger partial charge in [-0.3, -0.25) is 0 Å². The Balaban J connectivity index is -0.000000142. The molecule has 0 unspecified atom stereocenters. The second-order valence-electron chi connectivity index (χ2n) is 2.54. The highest BCUT2D eigenvalue weighted by Crippen LogP contribution is 2.02. The summed E-state index contributed by atoms with van der Waals surface area (Å²) in [6.07, 6.45) is 0. The van der Waals surface area contributed by atoms with E-state index in [2.05, 4.69) is 4.74 Å². The van der Waals surface area contributed by atoms with Crippen LogP contribution in [-0.2, 0) is 9.53 Å². The number of rotatable bonds is 1. The Morgan fingerprint density at radius 3 is 1.75 bits per heavy atom. The molecular weight excluding hydrogens is 281 g/mol. The fourth-order valence-electron chi connectivity index (χ4n) is 0.125. The van der Waals surface area contributed by atoms with Crippen molar-refractivity contribution in [3.05, 3.63) is 10.1 Å². The average Bonchev–Trinajstić information content (AvgIpc) is 1.58. The van der Waals surface area contributed by atoms with Gasteiger partial charge in [0.05, 0.1) is 0 Å². The quantitative estimate of drug-likeness (QED) is 0.444. The van der Waals surface area contributed by atoms with Crippen molar-refractivity contribution in [1.29, 1.82) is 0 Å². The van der Waals surface area contributed by atoms with Crippen LogP contribution in [-0.4, -0.2) is 22.4 Å². The van der Waals surface area contributed by atoms with Crippen LogP contribution in [0.25, 0.3) is 0 Å². The summed E-state index contributed by atoms with van der Waals surface area (Å²) < 4.78 is 4.42. The van der Waals surface area contributed by atoms with Gasteiger partial charge in [-0.25, -0.2) is 4.79 Å². The van der Waals surface area contributed by atoms with Crippen LogP contribution in [0.4, 0.5) is 0 Å². The van der Waals surface area contributed by atoms with Crippen molar-refractivity contribution in [1.82, 2.24) is 0 Å². The van der Waals surface area contributed by atoms with Gasteiger partial charge in [0.1, 0.15) is 5.60 Å². The summed E-state index contributed by atoms with van der Waals surface area (Å²) in [7, 11) is 0. The van der Waals surface area contributed by atoms with Crippen LogP contribution in [0.5, 0.6) is 0 Å². The molecule has 0 aromatic rings. The monoisotopic (exact) mass is 292 g/mol. The molecule has 0 heterocycles. The first-order chi connectivity index (χ1) is 4.79. The Bertz CT molecular complexity index is 128. The second-order valence-corrected chi connectivity index (χ2v) is 2.54. The van der Waals surface area contributed by atoms with Gasteiger partial charge in [0.25, 0.3) is 5.09 Å². The largest absolute Gasteiger partial charge is 0.452 e. The van der Waals surface area contributed by atoms with Gasteiger partial charge in [-0.05, 0) is 20.8 Å². The molecule has 0 bridgehead atoms. The Morgan fingerprint density at radius 1 is 1.50 bits per heavy atom. The lowest BCUT2D eigenvalue weighted by Crippen LogP contribution is -2.17.